The Balaban J connectivity index is 1.77. The van der Waals surface area contributed by atoms with E-state index in [1.165, 1.54) is 6.07 Å². The van der Waals surface area contributed by atoms with E-state index in [9.17, 15) is 13.5 Å². The smallest absolute Gasteiger partial charge is 0.240 e. The van der Waals surface area contributed by atoms with Crippen LogP contribution in [-0.2, 0) is 28.0 Å². The summed E-state index contributed by atoms with van der Waals surface area (Å²) < 4.78 is 27.4. The summed E-state index contributed by atoms with van der Waals surface area (Å²) in [6, 6.07) is 13.2. The average molecular weight is 302 g/mol. The highest BCUT2D eigenvalue weighted by Crippen LogP contribution is 2.26. The normalized spacial score (nSPS) is 18.2. The van der Waals surface area contributed by atoms with Gasteiger partial charge in [0.2, 0.25) is 10.0 Å². The number of aryl methyl sites for hydroxylation is 1. The maximum absolute atomic E-state index is 12.3. The van der Waals surface area contributed by atoms with E-state index in [-0.39, 0.29) is 16.7 Å². The van der Waals surface area contributed by atoms with Crippen LogP contribution in [0.1, 0.15) is 17.5 Å². The molecule has 0 spiro atoms. The van der Waals surface area contributed by atoms with Gasteiger partial charge in [0.05, 0.1) is 4.90 Å². The van der Waals surface area contributed by atoms with Crippen LogP contribution in [0.25, 0.3) is 0 Å². The molecule has 0 amide bonds. The average Bonchev–Trinajstić information content (AvgIpc) is 2.48. The molecule has 0 heterocycles. The molecule has 5 heteroatoms. The summed E-state index contributed by atoms with van der Waals surface area (Å²) in [5.41, 5.74) is 2.10. The first-order chi connectivity index (χ1) is 10.0. The Bertz CT molecular complexity index is 741. The molecule has 1 atom stereocenters. The standard InChI is InChI=1S/C16H16NO3S/c18-15-9-7-12-10-14(8-6-13(12)11-15)17-21(19,20)16-4-2-1-3-5-16/h1-5,7,9,11,14,17H,6,8,10H2. The lowest BCUT2D eigenvalue weighted by molar-refractivity contribution is 0.353. The minimum absolute atomic E-state index is 0.0112. The number of nitrogens with one attached hydrogen (secondary N) is 1. The molecule has 0 aliphatic heterocycles. The van der Waals surface area contributed by atoms with Gasteiger partial charge in [-0.3, -0.25) is 5.11 Å². The van der Waals surface area contributed by atoms with Crippen LogP contribution in [0, 0.1) is 0 Å². The number of benzene rings is 2. The van der Waals surface area contributed by atoms with Gasteiger partial charge in [-0.15, -0.1) is 0 Å². The molecule has 1 aliphatic carbocycles. The van der Waals surface area contributed by atoms with E-state index in [1.807, 2.05) is 0 Å². The van der Waals surface area contributed by atoms with Gasteiger partial charge in [0, 0.05) is 6.04 Å². The Hall–Kier alpha value is -1.85. The van der Waals surface area contributed by atoms with Crippen molar-refractivity contribution in [3.63, 3.8) is 0 Å². The predicted octanol–water partition coefficient (Wildman–Crippen LogP) is 2.67. The van der Waals surface area contributed by atoms with E-state index >= 15 is 0 Å². The zero-order valence-electron chi connectivity index (χ0n) is 11.5. The second-order valence-corrected chi connectivity index (χ2v) is 7.02. The molecule has 0 saturated heterocycles. The molecule has 1 unspecified atom stereocenters. The summed E-state index contributed by atoms with van der Waals surface area (Å²) in [6.07, 6.45) is 2.07. The quantitative estimate of drug-likeness (QED) is 0.947. The maximum atomic E-state index is 12.3. The van der Waals surface area contributed by atoms with Crippen LogP contribution in [0.5, 0.6) is 5.75 Å². The molecule has 1 N–H and O–H groups in total. The summed E-state index contributed by atoms with van der Waals surface area (Å²) >= 11 is 0. The van der Waals surface area contributed by atoms with Gasteiger partial charge in [-0.25, -0.2) is 13.1 Å². The molecule has 2 aromatic rings. The molecule has 1 radical (unpaired) electrons. The molecule has 109 valence electrons. The van der Waals surface area contributed by atoms with Crippen molar-refractivity contribution in [3.05, 3.63) is 59.7 Å². The van der Waals surface area contributed by atoms with Crippen LogP contribution in [0.2, 0.25) is 0 Å². The Morgan fingerprint density at radius 2 is 1.76 bits per heavy atom. The molecule has 2 aromatic carbocycles. The molecule has 0 bridgehead atoms. The molecule has 1 aliphatic rings. The van der Waals surface area contributed by atoms with E-state index in [1.54, 1.807) is 42.5 Å². The number of sulfonamides is 1. The Morgan fingerprint density at radius 1 is 1.00 bits per heavy atom. The van der Waals surface area contributed by atoms with Gasteiger partial charge in [-0.1, -0.05) is 24.3 Å². The van der Waals surface area contributed by atoms with Gasteiger partial charge in [0.15, 0.2) is 5.75 Å². The van der Waals surface area contributed by atoms with Gasteiger partial charge >= 0.3 is 0 Å². The first-order valence-corrected chi connectivity index (χ1v) is 8.39. The number of rotatable bonds is 3. The zero-order chi connectivity index (χ0) is 14.9. The summed E-state index contributed by atoms with van der Waals surface area (Å²) in [6.45, 7) is 0. The minimum atomic E-state index is -3.48. The number of fused-ring (bicyclic) bond motifs is 1. The third-order valence-corrected chi connectivity index (χ3v) is 5.32. The lowest BCUT2D eigenvalue weighted by Gasteiger charge is -2.25. The summed E-state index contributed by atoms with van der Waals surface area (Å²) in [5, 5.41) is 11.3. The fraction of sp³-hybridized carbons (Fsp3) is 0.250. The fourth-order valence-corrected chi connectivity index (χ4v) is 4.01. The highest BCUT2D eigenvalue weighted by molar-refractivity contribution is 7.89. The third kappa shape index (κ3) is 3.09. The van der Waals surface area contributed by atoms with Crippen molar-refractivity contribution in [2.75, 3.05) is 0 Å². The third-order valence-electron chi connectivity index (χ3n) is 3.78. The molecule has 3 rings (SSSR count). The van der Waals surface area contributed by atoms with Crippen molar-refractivity contribution >= 4 is 10.0 Å². The second kappa shape index (κ2) is 5.50. The van der Waals surface area contributed by atoms with Crippen LogP contribution < -0.4 is 4.72 Å². The first-order valence-electron chi connectivity index (χ1n) is 6.91. The van der Waals surface area contributed by atoms with Crippen LogP contribution >= 0.6 is 0 Å². The topological polar surface area (TPSA) is 66.1 Å². The van der Waals surface area contributed by atoms with Crippen LogP contribution in [0.15, 0.2) is 53.4 Å². The molecule has 0 fully saturated rings. The largest absolute Gasteiger partial charge is 0.290 e. The van der Waals surface area contributed by atoms with E-state index in [4.69, 9.17) is 0 Å². The molecule has 4 nitrogen and oxygen atoms in total. The predicted molar refractivity (Wildman–Crippen MR) is 79.2 cm³/mol. The van der Waals surface area contributed by atoms with Gasteiger partial charge < -0.3 is 0 Å². The van der Waals surface area contributed by atoms with E-state index in [2.05, 4.69) is 4.72 Å². The summed E-state index contributed by atoms with van der Waals surface area (Å²) in [4.78, 5) is 0.283. The van der Waals surface area contributed by atoms with Crippen LogP contribution in [0.3, 0.4) is 0 Å². The van der Waals surface area contributed by atoms with Crippen molar-refractivity contribution in [1.82, 2.24) is 4.72 Å². The maximum Gasteiger partial charge on any atom is 0.240 e. The van der Waals surface area contributed by atoms with Crippen molar-refractivity contribution in [3.8, 4) is 5.75 Å². The van der Waals surface area contributed by atoms with E-state index in [0.717, 1.165) is 17.5 Å². The number of hydrogen-bond acceptors (Lipinski definition) is 2. The van der Waals surface area contributed by atoms with E-state index in [0.29, 0.717) is 12.8 Å². The van der Waals surface area contributed by atoms with Crippen molar-refractivity contribution in [2.24, 2.45) is 0 Å². The van der Waals surface area contributed by atoms with Gasteiger partial charge in [-0.05, 0) is 54.7 Å². The van der Waals surface area contributed by atoms with Crippen molar-refractivity contribution < 1.29 is 13.5 Å². The molecule has 21 heavy (non-hydrogen) atoms. The van der Waals surface area contributed by atoms with Crippen molar-refractivity contribution in [2.45, 2.75) is 30.2 Å². The highest BCUT2D eigenvalue weighted by Gasteiger charge is 2.24. The van der Waals surface area contributed by atoms with Gasteiger partial charge in [-0.2, -0.15) is 0 Å². The summed E-state index contributed by atoms with van der Waals surface area (Å²) in [5.74, 6) is 0.0112. The van der Waals surface area contributed by atoms with Crippen molar-refractivity contribution in [1.29, 1.82) is 0 Å². The molecule has 0 aromatic heterocycles. The minimum Gasteiger partial charge on any atom is -0.290 e. The Kier molecular flexibility index (Phi) is 3.69. The second-order valence-electron chi connectivity index (χ2n) is 5.30. The molecular formula is C16H16NO3S. The number of hydrogen-bond donors (Lipinski definition) is 1. The molecule has 0 saturated carbocycles. The monoisotopic (exact) mass is 302 g/mol. The lowest BCUT2D eigenvalue weighted by Crippen LogP contribution is -2.38. The van der Waals surface area contributed by atoms with Crippen LogP contribution in [-0.4, -0.2) is 14.5 Å². The zero-order valence-corrected chi connectivity index (χ0v) is 12.3. The lowest BCUT2D eigenvalue weighted by atomic mass is 9.89. The Morgan fingerprint density at radius 3 is 2.52 bits per heavy atom. The Labute approximate surface area is 124 Å². The fourth-order valence-electron chi connectivity index (χ4n) is 2.72. The van der Waals surface area contributed by atoms with Gasteiger partial charge in [0.1, 0.15) is 0 Å². The molecular weight excluding hydrogens is 286 g/mol. The first kappa shape index (κ1) is 14.1. The highest BCUT2D eigenvalue weighted by atomic mass is 32.2. The van der Waals surface area contributed by atoms with Crippen LogP contribution in [0.4, 0.5) is 0 Å². The SMILES string of the molecule is [O]c1ccc2c(c1)CCC(NS(=O)(=O)c1ccccc1)C2. The summed E-state index contributed by atoms with van der Waals surface area (Å²) in [7, 11) is -3.48. The van der Waals surface area contributed by atoms with E-state index < -0.39 is 10.0 Å². The van der Waals surface area contributed by atoms with Gasteiger partial charge in [0.25, 0.3) is 0 Å².